The molecule has 0 aliphatic carbocycles. The highest BCUT2D eigenvalue weighted by molar-refractivity contribution is 5.71. The molecule has 0 radical (unpaired) electrons. The molecule has 96 valence electrons. The Balaban J connectivity index is 2.49. The number of hydrogen-bond acceptors (Lipinski definition) is 1. The van der Waals surface area contributed by atoms with E-state index in [-0.39, 0.29) is 0 Å². The van der Waals surface area contributed by atoms with Crippen molar-refractivity contribution < 1.29 is 13.2 Å². The molecule has 19 heavy (non-hydrogen) atoms. The van der Waals surface area contributed by atoms with Crippen LogP contribution < -0.4 is 0 Å². The van der Waals surface area contributed by atoms with Gasteiger partial charge < -0.3 is 0 Å². The standard InChI is InChI=1S/C15H10F3N/c1-10-2-3-12(9-19)14(8-10)11-4-6-13(7-5-11)15(16,17)18/h2-8H,1H3. The van der Waals surface area contributed by atoms with E-state index in [2.05, 4.69) is 0 Å². The monoisotopic (exact) mass is 261 g/mol. The van der Waals surface area contributed by atoms with Crippen molar-refractivity contribution in [2.45, 2.75) is 13.1 Å². The molecule has 0 aromatic heterocycles. The van der Waals surface area contributed by atoms with Crippen molar-refractivity contribution in [1.82, 2.24) is 0 Å². The van der Waals surface area contributed by atoms with Gasteiger partial charge in [0.15, 0.2) is 0 Å². The van der Waals surface area contributed by atoms with Gasteiger partial charge in [-0.05, 0) is 36.2 Å². The molecular formula is C15H10F3N. The number of nitrogens with zero attached hydrogens (tertiary/aromatic N) is 1. The summed E-state index contributed by atoms with van der Waals surface area (Å²) in [5.74, 6) is 0. The highest BCUT2D eigenvalue weighted by atomic mass is 19.4. The Morgan fingerprint density at radius 3 is 2.16 bits per heavy atom. The predicted octanol–water partition coefficient (Wildman–Crippen LogP) is 4.55. The summed E-state index contributed by atoms with van der Waals surface area (Å²) in [5.41, 5.74) is 1.96. The van der Waals surface area contributed by atoms with Crippen molar-refractivity contribution in [2.24, 2.45) is 0 Å². The lowest BCUT2D eigenvalue weighted by Crippen LogP contribution is -2.04. The molecule has 0 atom stereocenters. The summed E-state index contributed by atoms with van der Waals surface area (Å²) in [6.07, 6.45) is -4.34. The summed E-state index contributed by atoms with van der Waals surface area (Å²) >= 11 is 0. The second-order valence-corrected chi connectivity index (χ2v) is 4.24. The van der Waals surface area contributed by atoms with Gasteiger partial charge in [-0.2, -0.15) is 18.4 Å². The molecule has 1 nitrogen and oxygen atoms in total. The van der Waals surface area contributed by atoms with Crippen LogP contribution in [0.4, 0.5) is 13.2 Å². The Morgan fingerprint density at radius 1 is 1.00 bits per heavy atom. The molecule has 4 heteroatoms. The number of halogens is 3. The Labute approximate surface area is 108 Å². The summed E-state index contributed by atoms with van der Waals surface area (Å²) in [6, 6.07) is 12.1. The van der Waals surface area contributed by atoms with Crippen molar-refractivity contribution in [3.05, 3.63) is 59.2 Å². The molecular weight excluding hydrogens is 251 g/mol. The smallest absolute Gasteiger partial charge is 0.192 e. The summed E-state index contributed by atoms with van der Waals surface area (Å²) < 4.78 is 37.4. The average Bonchev–Trinajstić information content (AvgIpc) is 2.38. The van der Waals surface area contributed by atoms with Crippen LogP contribution in [0.2, 0.25) is 0 Å². The minimum absolute atomic E-state index is 0.449. The van der Waals surface area contributed by atoms with E-state index in [0.29, 0.717) is 16.7 Å². The molecule has 0 unspecified atom stereocenters. The lowest BCUT2D eigenvalue weighted by Gasteiger charge is -2.09. The minimum atomic E-state index is -4.34. The fourth-order valence-electron chi connectivity index (χ4n) is 1.83. The van der Waals surface area contributed by atoms with Crippen LogP contribution in [0, 0.1) is 18.3 Å². The fraction of sp³-hybridized carbons (Fsp3) is 0.133. The van der Waals surface area contributed by atoms with Crippen LogP contribution in [0.5, 0.6) is 0 Å². The van der Waals surface area contributed by atoms with E-state index in [4.69, 9.17) is 5.26 Å². The van der Waals surface area contributed by atoms with Crippen LogP contribution in [0.3, 0.4) is 0 Å². The molecule has 0 amide bonds. The Kier molecular flexibility index (Phi) is 3.30. The molecule has 0 saturated heterocycles. The second-order valence-electron chi connectivity index (χ2n) is 4.24. The van der Waals surface area contributed by atoms with Crippen LogP contribution in [0.15, 0.2) is 42.5 Å². The molecule has 0 spiro atoms. The van der Waals surface area contributed by atoms with Gasteiger partial charge in [-0.1, -0.05) is 29.8 Å². The molecule has 0 aliphatic heterocycles. The Morgan fingerprint density at radius 2 is 1.63 bits per heavy atom. The fourth-order valence-corrected chi connectivity index (χ4v) is 1.83. The van der Waals surface area contributed by atoms with E-state index in [0.717, 1.165) is 17.7 Å². The number of aryl methyl sites for hydroxylation is 1. The second kappa shape index (κ2) is 4.77. The van der Waals surface area contributed by atoms with E-state index in [1.807, 2.05) is 13.0 Å². The van der Waals surface area contributed by atoms with Crippen LogP contribution in [-0.2, 0) is 6.18 Å². The molecule has 2 aromatic rings. The van der Waals surface area contributed by atoms with Gasteiger partial charge in [-0.15, -0.1) is 0 Å². The van der Waals surface area contributed by atoms with Crippen LogP contribution in [0.25, 0.3) is 11.1 Å². The Hall–Kier alpha value is -2.28. The van der Waals surface area contributed by atoms with E-state index in [9.17, 15) is 13.2 Å². The topological polar surface area (TPSA) is 23.8 Å². The molecule has 0 N–H and O–H groups in total. The first-order valence-electron chi connectivity index (χ1n) is 5.60. The molecule has 0 bridgehead atoms. The van der Waals surface area contributed by atoms with Crippen LogP contribution in [0.1, 0.15) is 16.7 Å². The van der Waals surface area contributed by atoms with Crippen molar-refractivity contribution in [1.29, 1.82) is 5.26 Å². The van der Waals surface area contributed by atoms with E-state index in [1.54, 1.807) is 18.2 Å². The van der Waals surface area contributed by atoms with Crippen molar-refractivity contribution in [2.75, 3.05) is 0 Å². The summed E-state index contributed by atoms with van der Waals surface area (Å²) in [6.45, 7) is 1.87. The first-order chi connectivity index (χ1) is 8.91. The minimum Gasteiger partial charge on any atom is -0.192 e. The lowest BCUT2D eigenvalue weighted by molar-refractivity contribution is -0.137. The van der Waals surface area contributed by atoms with E-state index < -0.39 is 11.7 Å². The zero-order valence-electron chi connectivity index (χ0n) is 10.1. The van der Waals surface area contributed by atoms with E-state index in [1.165, 1.54) is 12.1 Å². The SMILES string of the molecule is Cc1ccc(C#N)c(-c2ccc(C(F)(F)F)cc2)c1. The molecule has 0 heterocycles. The summed E-state index contributed by atoms with van der Waals surface area (Å²) in [4.78, 5) is 0. The maximum atomic E-state index is 12.5. The highest BCUT2D eigenvalue weighted by Crippen LogP contribution is 2.32. The normalized spacial score (nSPS) is 11.1. The molecule has 2 aromatic carbocycles. The zero-order chi connectivity index (χ0) is 14.0. The third kappa shape index (κ3) is 2.76. The number of benzene rings is 2. The van der Waals surface area contributed by atoms with Crippen LogP contribution >= 0.6 is 0 Å². The predicted molar refractivity (Wildman–Crippen MR) is 66.3 cm³/mol. The Bertz CT molecular complexity index is 634. The van der Waals surface area contributed by atoms with Gasteiger partial charge in [0.2, 0.25) is 0 Å². The van der Waals surface area contributed by atoms with Gasteiger partial charge >= 0.3 is 6.18 Å². The van der Waals surface area contributed by atoms with Crippen molar-refractivity contribution >= 4 is 0 Å². The van der Waals surface area contributed by atoms with Gasteiger partial charge in [0.25, 0.3) is 0 Å². The number of hydrogen-bond donors (Lipinski definition) is 0. The molecule has 0 saturated carbocycles. The maximum absolute atomic E-state index is 12.5. The van der Waals surface area contributed by atoms with Crippen molar-refractivity contribution in [3.8, 4) is 17.2 Å². The third-order valence-corrected chi connectivity index (χ3v) is 2.82. The first-order valence-corrected chi connectivity index (χ1v) is 5.60. The van der Waals surface area contributed by atoms with Gasteiger partial charge in [0, 0.05) is 0 Å². The van der Waals surface area contributed by atoms with Crippen LogP contribution in [-0.4, -0.2) is 0 Å². The number of rotatable bonds is 1. The summed E-state index contributed by atoms with van der Waals surface area (Å²) in [7, 11) is 0. The number of alkyl halides is 3. The van der Waals surface area contributed by atoms with Gasteiger partial charge in [0.05, 0.1) is 17.2 Å². The van der Waals surface area contributed by atoms with Gasteiger partial charge in [-0.3, -0.25) is 0 Å². The quantitative estimate of drug-likeness (QED) is 0.738. The third-order valence-electron chi connectivity index (χ3n) is 2.82. The van der Waals surface area contributed by atoms with Crippen molar-refractivity contribution in [3.63, 3.8) is 0 Å². The summed E-state index contributed by atoms with van der Waals surface area (Å²) in [5, 5.41) is 9.02. The number of nitriles is 1. The maximum Gasteiger partial charge on any atom is 0.416 e. The first kappa shape index (κ1) is 13.2. The molecule has 0 fully saturated rings. The lowest BCUT2D eigenvalue weighted by atomic mass is 9.97. The highest BCUT2D eigenvalue weighted by Gasteiger charge is 2.30. The average molecular weight is 261 g/mol. The van der Waals surface area contributed by atoms with Gasteiger partial charge in [-0.25, -0.2) is 0 Å². The zero-order valence-corrected chi connectivity index (χ0v) is 10.1. The van der Waals surface area contributed by atoms with Gasteiger partial charge in [0.1, 0.15) is 0 Å². The molecule has 0 aliphatic rings. The van der Waals surface area contributed by atoms with E-state index >= 15 is 0 Å². The molecule has 2 rings (SSSR count). The largest absolute Gasteiger partial charge is 0.416 e.